The second-order valence-corrected chi connectivity index (χ2v) is 6.02. The summed E-state index contributed by atoms with van der Waals surface area (Å²) < 4.78 is 0.952. The smallest absolute Gasteiger partial charge is 0.105 e. The molecule has 0 aromatic heterocycles. The average molecular weight is 333 g/mol. The molecule has 2 aromatic carbocycles. The van der Waals surface area contributed by atoms with Crippen LogP contribution in [0, 0.1) is 6.92 Å². The molecule has 0 aliphatic rings. The van der Waals surface area contributed by atoms with Crippen LogP contribution in [-0.4, -0.2) is 5.11 Å². The Kier molecular flexibility index (Phi) is 5.00. The molecule has 0 saturated carbocycles. The molecule has 0 bridgehead atoms. The van der Waals surface area contributed by atoms with Crippen molar-refractivity contribution < 1.29 is 5.11 Å². The Bertz CT molecular complexity index is 604. The molecule has 0 aliphatic heterocycles. The number of benzene rings is 2. The monoisotopic (exact) mass is 332 g/mol. The zero-order valence-electron chi connectivity index (χ0n) is 12.3. The molecule has 2 aromatic rings. The lowest BCUT2D eigenvalue weighted by atomic mass is 9.94. The van der Waals surface area contributed by atoms with Crippen molar-refractivity contribution in [2.24, 2.45) is 0 Å². The van der Waals surface area contributed by atoms with E-state index < -0.39 is 6.10 Å². The molecule has 0 aliphatic carbocycles. The van der Waals surface area contributed by atoms with Crippen molar-refractivity contribution in [1.29, 1.82) is 0 Å². The van der Waals surface area contributed by atoms with E-state index in [0.717, 1.165) is 34.0 Å². The van der Waals surface area contributed by atoms with Crippen LogP contribution in [0.2, 0.25) is 0 Å². The van der Waals surface area contributed by atoms with Crippen molar-refractivity contribution in [2.45, 2.75) is 39.7 Å². The fourth-order valence-corrected chi connectivity index (χ4v) is 3.01. The molecular weight excluding hydrogens is 312 g/mol. The highest BCUT2D eigenvalue weighted by Crippen LogP contribution is 2.30. The fraction of sp³-hybridized carbons (Fsp3) is 0.333. The normalized spacial score (nSPS) is 12.4. The number of aryl methyl sites for hydroxylation is 3. The van der Waals surface area contributed by atoms with Crippen molar-refractivity contribution in [1.82, 2.24) is 0 Å². The lowest BCUT2D eigenvalue weighted by Gasteiger charge is -2.16. The summed E-state index contributed by atoms with van der Waals surface area (Å²) in [5.41, 5.74) is 5.74. The molecule has 1 N–H and O–H groups in total. The molecule has 2 heteroatoms. The average Bonchev–Trinajstić information content (AvgIpc) is 2.48. The van der Waals surface area contributed by atoms with Gasteiger partial charge in [-0.3, -0.25) is 0 Å². The first-order valence-corrected chi connectivity index (χ1v) is 7.91. The van der Waals surface area contributed by atoms with E-state index in [4.69, 9.17) is 0 Å². The zero-order chi connectivity index (χ0) is 14.7. The summed E-state index contributed by atoms with van der Waals surface area (Å²) >= 11 is 3.53. The van der Waals surface area contributed by atoms with E-state index in [2.05, 4.69) is 41.9 Å². The van der Waals surface area contributed by atoms with E-state index in [0.29, 0.717) is 0 Å². The lowest BCUT2D eigenvalue weighted by molar-refractivity contribution is 0.219. The Morgan fingerprint density at radius 2 is 1.70 bits per heavy atom. The first-order valence-electron chi connectivity index (χ1n) is 7.12. The van der Waals surface area contributed by atoms with E-state index in [9.17, 15) is 5.11 Å². The lowest BCUT2D eigenvalue weighted by Crippen LogP contribution is -2.03. The van der Waals surface area contributed by atoms with Crippen LogP contribution in [0.1, 0.15) is 47.8 Å². The molecule has 106 valence electrons. The molecule has 0 heterocycles. The van der Waals surface area contributed by atoms with Gasteiger partial charge in [-0.15, -0.1) is 0 Å². The van der Waals surface area contributed by atoms with Crippen molar-refractivity contribution in [3.05, 3.63) is 68.7 Å². The second kappa shape index (κ2) is 6.55. The van der Waals surface area contributed by atoms with Crippen LogP contribution in [0.5, 0.6) is 0 Å². The van der Waals surface area contributed by atoms with Gasteiger partial charge in [0.1, 0.15) is 6.10 Å². The predicted molar refractivity (Wildman–Crippen MR) is 88.1 cm³/mol. The number of aliphatic hydroxyl groups is 1. The summed E-state index contributed by atoms with van der Waals surface area (Å²) in [4.78, 5) is 0. The molecule has 0 radical (unpaired) electrons. The summed E-state index contributed by atoms with van der Waals surface area (Å²) in [7, 11) is 0. The minimum absolute atomic E-state index is 0.583. The van der Waals surface area contributed by atoms with Gasteiger partial charge in [0.05, 0.1) is 0 Å². The van der Waals surface area contributed by atoms with Gasteiger partial charge < -0.3 is 5.11 Å². The van der Waals surface area contributed by atoms with E-state index >= 15 is 0 Å². The summed E-state index contributed by atoms with van der Waals surface area (Å²) in [6.07, 6.45) is 1.45. The fourth-order valence-electron chi connectivity index (χ4n) is 2.54. The van der Waals surface area contributed by atoms with E-state index in [-0.39, 0.29) is 0 Å². The van der Waals surface area contributed by atoms with Gasteiger partial charge in [-0.25, -0.2) is 0 Å². The third-order valence-electron chi connectivity index (χ3n) is 3.75. The summed E-state index contributed by atoms with van der Waals surface area (Å²) in [6.45, 7) is 6.37. The number of halogens is 1. The van der Waals surface area contributed by atoms with Crippen molar-refractivity contribution in [3.63, 3.8) is 0 Å². The SMILES string of the molecule is CCc1ccc(C(O)c2cc(C)ccc2Br)cc1CC. The van der Waals surface area contributed by atoms with Crippen LogP contribution in [0.4, 0.5) is 0 Å². The first-order chi connectivity index (χ1) is 9.56. The Hall–Kier alpha value is -1.12. The third kappa shape index (κ3) is 3.13. The molecular formula is C18H21BrO. The van der Waals surface area contributed by atoms with Crippen molar-refractivity contribution in [2.75, 3.05) is 0 Å². The van der Waals surface area contributed by atoms with E-state index in [1.807, 2.05) is 31.2 Å². The van der Waals surface area contributed by atoms with Gasteiger partial charge >= 0.3 is 0 Å². The van der Waals surface area contributed by atoms with Gasteiger partial charge in [0.2, 0.25) is 0 Å². The number of hydrogen-bond acceptors (Lipinski definition) is 1. The number of rotatable bonds is 4. The Balaban J connectivity index is 2.42. The maximum absolute atomic E-state index is 10.7. The van der Waals surface area contributed by atoms with Crippen LogP contribution < -0.4 is 0 Å². The number of hydrogen-bond donors (Lipinski definition) is 1. The van der Waals surface area contributed by atoms with E-state index in [1.165, 1.54) is 11.1 Å². The quantitative estimate of drug-likeness (QED) is 0.838. The molecule has 1 nitrogen and oxygen atoms in total. The van der Waals surface area contributed by atoms with Gasteiger partial charge in [-0.1, -0.05) is 65.7 Å². The molecule has 1 unspecified atom stereocenters. The van der Waals surface area contributed by atoms with Crippen LogP contribution >= 0.6 is 15.9 Å². The highest BCUT2D eigenvalue weighted by molar-refractivity contribution is 9.10. The van der Waals surface area contributed by atoms with Crippen molar-refractivity contribution >= 4 is 15.9 Å². The molecule has 0 fully saturated rings. The van der Waals surface area contributed by atoms with Gasteiger partial charge in [0.15, 0.2) is 0 Å². The minimum atomic E-state index is -0.583. The van der Waals surface area contributed by atoms with Gasteiger partial charge in [-0.2, -0.15) is 0 Å². The highest BCUT2D eigenvalue weighted by Gasteiger charge is 2.15. The summed E-state index contributed by atoms with van der Waals surface area (Å²) in [6, 6.07) is 12.4. The molecule has 2 rings (SSSR count). The molecule has 0 spiro atoms. The molecule has 20 heavy (non-hydrogen) atoms. The second-order valence-electron chi connectivity index (χ2n) is 5.16. The minimum Gasteiger partial charge on any atom is -0.384 e. The number of aliphatic hydroxyl groups excluding tert-OH is 1. The standard InChI is InChI=1S/C18H21BrO/c1-4-13-7-8-15(11-14(13)5-2)18(20)16-10-12(3)6-9-17(16)19/h6-11,18,20H,4-5H2,1-3H3. The van der Waals surface area contributed by atoms with Crippen LogP contribution in [0.15, 0.2) is 40.9 Å². The largest absolute Gasteiger partial charge is 0.384 e. The van der Waals surface area contributed by atoms with Gasteiger partial charge in [0, 0.05) is 4.47 Å². The molecule has 1 atom stereocenters. The molecule has 0 amide bonds. The van der Waals surface area contributed by atoms with Gasteiger partial charge in [0.25, 0.3) is 0 Å². The predicted octanol–water partition coefficient (Wildman–Crippen LogP) is 4.96. The van der Waals surface area contributed by atoms with Crippen molar-refractivity contribution in [3.8, 4) is 0 Å². The maximum atomic E-state index is 10.7. The summed E-state index contributed by atoms with van der Waals surface area (Å²) in [5.74, 6) is 0. The van der Waals surface area contributed by atoms with Gasteiger partial charge in [-0.05, 0) is 48.1 Å². The first kappa shape index (κ1) is 15.3. The molecule has 0 saturated heterocycles. The Morgan fingerprint density at radius 3 is 2.35 bits per heavy atom. The van der Waals surface area contributed by atoms with E-state index in [1.54, 1.807) is 0 Å². The zero-order valence-corrected chi connectivity index (χ0v) is 13.9. The Morgan fingerprint density at radius 1 is 1.00 bits per heavy atom. The van der Waals surface area contributed by atoms with Crippen LogP contribution in [0.25, 0.3) is 0 Å². The maximum Gasteiger partial charge on any atom is 0.105 e. The highest BCUT2D eigenvalue weighted by atomic mass is 79.9. The Labute approximate surface area is 129 Å². The topological polar surface area (TPSA) is 20.2 Å². The van der Waals surface area contributed by atoms with Crippen LogP contribution in [0.3, 0.4) is 0 Å². The van der Waals surface area contributed by atoms with Crippen LogP contribution in [-0.2, 0) is 12.8 Å². The summed E-state index contributed by atoms with van der Waals surface area (Å²) in [5, 5.41) is 10.7. The third-order valence-corrected chi connectivity index (χ3v) is 4.48.